The molecular weight excluding hydrogens is 362 g/mol. The average molecular weight is 374 g/mol. The molecule has 0 aliphatic rings. The number of hydrogen-bond donors (Lipinski definition) is 1. The van der Waals surface area contributed by atoms with Gasteiger partial charge < -0.3 is 4.74 Å². The lowest BCUT2D eigenvalue weighted by molar-refractivity contribution is 0.363. The highest BCUT2D eigenvalue weighted by Gasteiger charge is 2.16. The Bertz CT molecular complexity index is 693. The highest BCUT2D eigenvalue weighted by atomic mass is 79.9. The zero-order valence-electron chi connectivity index (χ0n) is 10.4. The van der Waals surface area contributed by atoms with Crippen LogP contribution in [-0.2, 0) is 10.0 Å². The number of benzene rings is 1. The first-order valence-electron chi connectivity index (χ1n) is 5.63. The van der Waals surface area contributed by atoms with E-state index in [-0.39, 0.29) is 4.21 Å². The predicted octanol–water partition coefficient (Wildman–Crippen LogP) is 3.88. The van der Waals surface area contributed by atoms with Crippen molar-refractivity contribution in [2.75, 3.05) is 11.3 Å². The maximum absolute atomic E-state index is 12.1. The van der Waals surface area contributed by atoms with Gasteiger partial charge in [0.15, 0.2) is 0 Å². The van der Waals surface area contributed by atoms with E-state index in [9.17, 15) is 8.42 Å². The van der Waals surface area contributed by atoms with Crippen LogP contribution in [0.4, 0.5) is 5.69 Å². The molecule has 0 amide bonds. The summed E-state index contributed by atoms with van der Waals surface area (Å²) in [5.41, 5.74) is 0.487. The smallest absolute Gasteiger partial charge is 0.271 e. The van der Waals surface area contributed by atoms with Gasteiger partial charge in [-0.1, -0.05) is 12.7 Å². The minimum atomic E-state index is -3.54. The van der Waals surface area contributed by atoms with Gasteiger partial charge in [0, 0.05) is 5.69 Å². The number of sulfonamides is 1. The number of halogens is 1. The van der Waals surface area contributed by atoms with Crippen LogP contribution in [0.3, 0.4) is 0 Å². The van der Waals surface area contributed by atoms with Gasteiger partial charge in [0.2, 0.25) is 0 Å². The van der Waals surface area contributed by atoms with Crippen molar-refractivity contribution >= 4 is 43.0 Å². The fraction of sp³-hybridized carbons (Fsp3) is 0.0769. The molecule has 1 aromatic heterocycles. The minimum Gasteiger partial charge on any atom is -0.490 e. The molecule has 1 aromatic carbocycles. The third-order valence-corrected chi connectivity index (χ3v) is 5.78. The lowest BCUT2D eigenvalue weighted by atomic mass is 10.3. The van der Waals surface area contributed by atoms with Crippen LogP contribution in [0.2, 0.25) is 0 Å². The summed E-state index contributed by atoms with van der Waals surface area (Å²) in [6, 6.07) is 9.96. The summed E-state index contributed by atoms with van der Waals surface area (Å²) in [4.78, 5) is 0. The van der Waals surface area contributed by atoms with Crippen LogP contribution < -0.4 is 9.46 Å². The maximum Gasteiger partial charge on any atom is 0.271 e. The van der Waals surface area contributed by atoms with E-state index in [2.05, 4.69) is 27.2 Å². The summed E-state index contributed by atoms with van der Waals surface area (Å²) >= 11 is 4.40. The summed E-state index contributed by atoms with van der Waals surface area (Å²) in [5.74, 6) is 0.659. The van der Waals surface area contributed by atoms with Crippen molar-refractivity contribution in [1.29, 1.82) is 0 Å². The summed E-state index contributed by atoms with van der Waals surface area (Å²) in [6.45, 7) is 3.97. The van der Waals surface area contributed by atoms with Crippen molar-refractivity contribution < 1.29 is 13.2 Å². The van der Waals surface area contributed by atoms with Crippen molar-refractivity contribution in [1.82, 2.24) is 0 Å². The second kappa shape index (κ2) is 6.43. The van der Waals surface area contributed by atoms with Crippen molar-refractivity contribution in [2.45, 2.75) is 4.21 Å². The first kappa shape index (κ1) is 15.1. The molecule has 2 rings (SSSR count). The van der Waals surface area contributed by atoms with Gasteiger partial charge in [0.25, 0.3) is 10.0 Å². The Morgan fingerprint density at radius 3 is 2.50 bits per heavy atom. The lowest BCUT2D eigenvalue weighted by Crippen LogP contribution is -2.11. The fourth-order valence-electron chi connectivity index (χ4n) is 1.42. The van der Waals surface area contributed by atoms with Gasteiger partial charge in [0.1, 0.15) is 16.6 Å². The number of nitrogens with one attached hydrogen (secondary N) is 1. The molecule has 7 heteroatoms. The summed E-state index contributed by atoms with van der Waals surface area (Å²) < 4.78 is 33.1. The molecular formula is C13H12BrNO3S2. The number of hydrogen-bond acceptors (Lipinski definition) is 4. The number of thiophene rings is 1. The van der Waals surface area contributed by atoms with Crippen LogP contribution in [0.25, 0.3) is 0 Å². The molecule has 0 unspecified atom stereocenters. The first-order chi connectivity index (χ1) is 9.51. The van der Waals surface area contributed by atoms with Crippen LogP contribution in [0.15, 0.2) is 57.0 Å². The zero-order chi connectivity index (χ0) is 14.6. The molecule has 4 nitrogen and oxygen atoms in total. The van der Waals surface area contributed by atoms with E-state index in [1.165, 1.54) is 0 Å². The standard InChI is InChI=1S/C13H12BrNO3S2/c1-2-9-18-11-5-3-10(4-6-11)15-20(16,17)13-8-7-12(14)19-13/h2-8,15H,1,9H2. The Balaban J connectivity index is 2.11. The molecule has 0 saturated carbocycles. The maximum atomic E-state index is 12.1. The van der Waals surface area contributed by atoms with Crippen LogP contribution in [0, 0.1) is 0 Å². The fourth-order valence-corrected chi connectivity index (χ4v) is 4.49. The van der Waals surface area contributed by atoms with E-state index in [0.29, 0.717) is 18.0 Å². The van der Waals surface area contributed by atoms with Crippen LogP contribution in [0.5, 0.6) is 5.75 Å². The summed E-state index contributed by atoms with van der Waals surface area (Å²) in [7, 11) is -3.54. The first-order valence-corrected chi connectivity index (χ1v) is 8.72. The van der Waals surface area contributed by atoms with Crippen molar-refractivity contribution in [3.8, 4) is 5.75 Å². The normalized spacial score (nSPS) is 11.1. The number of ether oxygens (including phenoxy) is 1. The van der Waals surface area contributed by atoms with Crippen molar-refractivity contribution in [2.24, 2.45) is 0 Å². The molecule has 0 atom stereocenters. The Kier molecular flexibility index (Phi) is 4.85. The van der Waals surface area contributed by atoms with E-state index in [0.717, 1.165) is 15.1 Å². The Labute approximate surface area is 130 Å². The van der Waals surface area contributed by atoms with Gasteiger partial charge in [-0.05, 0) is 52.3 Å². The quantitative estimate of drug-likeness (QED) is 0.781. The third-order valence-electron chi connectivity index (χ3n) is 2.29. The SMILES string of the molecule is C=CCOc1ccc(NS(=O)(=O)c2ccc(Br)s2)cc1. The monoisotopic (exact) mass is 373 g/mol. The van der Waals surface area contributed by atoms with Gasteiger partial charge >= 0.3 is 0 Å². The van der Waals surface area contributed by atoms with Crippen LogP contribution in [-0.4, -0.2) is 15.0 Å². The van der Waals surface area contributed by atoms with Gasteiger partial charge in [-0.2, -0.15) is 0 Å². The molecule has 1 heterocycles. The molecule has 0 saturated heterocycles. The van der Waals surface area contributed by atoms with E-state index in [1.807, 2.05) is 0 Å². The molecule has 0 bridgehead atoms. The number of anilines is 1. The lowest BCUT2D eigenvalue weighted by Gasteiger charge is -2.07. The zero-order valence-corrected chi connectivity index (χ0v) is 13.6. The molecule has 106 valence electrons. The van der Waals surface area contributed by atoms with Crippen molar-refractivity contribution in [3.05, 3.63) is 52.8 Å². The van der Waals surface area contributed by atoms with Crippen LogP contribution >= 0.6 is 27.3 Å². The van der Waals surface area contributed by atoms with Gasteiger partial charge in [0.05, 0.1) is 3.79 Å². The van der Waals surface area contributed by atoms with E-state index < -0.39 is 10.0 Å². The molecule has 20 heavy (non-hydrogen) atoms. The highest BCUT2D eigenvalue weighted by Crippen LogP contribution is 2.28. The van der Waals surface area contributed by atoms with Crippen LogP contribution in [0.1, 0.15) is 0 Å². The second-order valence-corrected chi connectivity index (χ2v) is 8.16. The van der Waals surface area contributed by atoms with E-state index >= 15 is 0 Å². The van der Waals surface area contributed by atoms with Gasteiger partial charge in [-0.25, -0.2) is 8.42 Å². The Morgan fingerprint density at radius 1 is 1.25 bits per heavy atom. The highest BCUT2D eigenvalue weighted by molar-refractivity contribution is 9.11. The van der Waals surface area contributed by atoms with Crippen molar-refractivity contribution in [3.63, 3.8) is 0 Å². The largest absolute Gasteiger partial charge is 0.490 e. The molecule has 0 aliphatic heterocycles. The Morgan fingerprint density at radius 2 is 1.95 bits per heavy atom. The van der Waals surface area contributed by atoms with Gasteiger partial charge in [-0.3, -0.25) is 4.72 Å². The molecule has 0 spiro atoms. The predicted molar refractivity (Wildman–Crippen MR) is 85.0 cm³/mol. The Hall–Kier alpha value is -1.31. The van der Waals surface area contributed by atoms with E-state index in [1.54, 1.807) is 42.5 Å². The second-order valence-electron chi connectivity index (χ2n) is 3.79. The molecule has 0 fully saturated rings. The molecule has 1 N–H and O–H groups in total. The molecule has 2 aromatic rings. The van der Waals surface area contributed by atoms with E-state index in [4.69, 9.17) is 4.74 Å². The summed E-state index contributed by atoms with van der Waals surface area (Å²) in [5, 5.41) is 0. The van der Waals surface area contributed by atoms with Gasteiger partial charge in [-0.15, -0.1) is 11.3 Å². The third kappa shape index (κ3) is 3.84. The topological polar surface area (TPSA) is 55.4 Å². The number of rotatable bonds is 6. The molecule has 0 radical (unpaired) electrons. The summed E-state index contributed by atoms with van der Waals surface area (Å²) in [6.07, 6.45) is 1.64. The molecule has 0 aliphatic carbocycles. The average Bonchev–Trinajstić information content (AvgIpc) is 2.85. The minimum absolute atomic E-state index is 0.261.